The maximum absolute atomic E-state index is 12.9. The second kappa shape index (κ2) is 10.3. The van der Waals surface area contributed by atoms with Gasteiger partial charge in [-0.2, -0.15) is 4.31 Å². The average Bonchev–Trinajstić information content (AvgIpc) is 3.35. The van der Waals surface area contributed by atoms with Crippen molar-refractivity contribution in [3.8, 4) is 11.1 Å². The summed E-state index contributed by atoms with van der Waals surface area (Å²) in [5, 5.41) is 3.10. The molecule has 1 heterocycles. The molecular formula is C30H33N3O4S. The lowest BCUT2D eigenvalue weighted by Gasteiger charge is -2.24. The summed E-state index contributed by atoms with van der Waals surface area (Å²) in [5.41, 5.74) is 14.8. The summed E-state index contributed by atoms with van der Waals surface area (Å²) in [6.45, 7) is 2.78. The molecule has 0 spiro atoms. The third kappa shape index (κ3) is 5.11. The zero-order valence-corrected chi connectivity index (χ0v) is 22.7. The molecular weight excluding hydrogens is 498 g/mol. The van der Waals surface area contributed by atoms with Gasteiger partial charge in [0.2, 0.25) is 15.9 Å². The number of benzene rings is 2. The van der Waals surface area contributed by atoms with Crippen molar-refractivity contribution >= 4 is 33.6 Å². The average molecular weight is 532 g/mol. The molecule has 7 nitrogen and oxygen atoms in total. The number of amides is 2. The fourth-order valence-electron chi connectivity index (χ4n) is 5.66. The molecule has 5 rings (SSSR count). The Kier molecular flexibility index (Phi) is 7.11. The van der Waals surface area contributed by atoms with Crippen LogP contribution >= 0.6 is 0 Å². The van der Waals surface area contributed by atoms with Crippen molar-refractivity contribution < 1.29 is 18.0 Å². The Morgan fingerprint density at radius 1 is 1.00 bits per heavy atom. The van der Waals surface area contributed by atoms with E-state index in [-0.39, 0.29) is 5.91 Å². The van der Waals surface area contributed by atoms with Crippen molar-refractivity contribution in [2.45, 2.75) is 45.4 Å². The minimum atomic E-state index is -3.24. The first-order valence-electron chi connectivity index (χ1n) is 13.0. The van der Waals surface area contributed by atoms with Gasteiger partial charge in [0.1, 0.15) is 0 Å². The van der Waals surface area contributed by atoms with Crippen molar-refractivity contribution in [2.24, 2.45) is 5.73 Å². The fourth-order valence-corrected chi connectivity index (χ4v) is 6.43. The Hall–Kier alpha value is -3.49. The van der Waals surface area contributed by atoms with Crippen LogP contribution in [-0.4, -0.2) is 43.9 Å². The Labute approximate surface area is 224 Å². The normalized spacial score (nSPS) is 17.8. The molecule has 0 saturated heterocycles. The lowest BCUT2D eigenvalue weighted by atomic mass is 9.90. The van der Waals surface area contributed by atoms with Gasteiger partial charge < -0.3 is 11.1 Å². The number of hydrogen-bond donors (Lipinski definition) is 2. The molecule has 0 fully saturated rings. The van der Waals surface area contributed by atoms with Crippen LogP contribution in [-0.2, 0) is 21.2 Å². The number of allylic oxidation sites excluding steroid dienone is 2. The van der Waals surface area contributed by atoms with E-state index in [1.54, 1.807) is 6.07 Å². The summed E-state index contributed by atoms with van der Waals surface area (Å²) >= 11 is 0. The van der Waals surface area contributed by atoms with Gasteiger partial charge in [-0.3, -0.25) is 9.59 Å². The smallest absolute Gasteiger partial charge is 0.251 e. The molecule has 0 radical (unpaired) electrons. The van der Waals surface area contributed by atoms with E-state index >= 15 is 0 Å². The molecule has 0 bridgehead atoms. The molecule has 0 saturated carbocycles. The lowest BCUT2D eigenvalue weighted by Crippen LogP contribution is -2.34. The van der Waals surface area contributed by atoms with Crippen LogP contribution in [0.25, 0.3) is 17.2 Å². The number of hydrogen-bond acceptors (Lipinski definition) is 4. The first-order chi connectivity index (χ1) is 18.1. The van der Waals surface area contributed by atoms with Crippen molar-refractivity contribution in [3.63, 3.8) is 0 Å². The molecule has 3 N–H and O–H groups in total. The van der Waals surface area contributed by atoms with Crippen molar-refractivity contribution in [3.05, 3.63) is 81.5 Å². The summed E-state index contributed by atoms with van der Waals surface area (Å²) in [4.78, 5) is 25.2. The highest BCUT2D eigenvalue weighted by molar-refractivity contribution is 7.88. The van der Waals surface area contributed by atoms with Gasteiger partial charge in [0.05, 0.1) is 6.26 Å². The highest BCUT2D eigenvalue weighted by Gasteiger charge is 2.27. The molecule has 8 heteroatoms. The number of primary amides is 1. The minimum Gasteiger partial charge on any atom is -0.366 e. The number of sulfonamides is 1. The lowest BCUT2D eigenvalue weighted by molar-refractivity contribution is -0.113. The van der Waals surface area contributed by atoms with E-state index in [1.807, 2.05) is 43.3 Å². The predicted octanol–water partition coefficient (Wildman–Crippen LogP) is 4.73. The van der Waals surface area contributed by atoms with Gasteiger partial charge >= 0.3 is 0 Å². The SMILES string of the molecule is Cc1c(NC(=O)C2=CCCCC2)cccc1-c1ccc(C(N)=O)c2c1C=C(C1=CCN(S(C)(=O)=O)CC1)C2. The number of fused-ring (bicyclic) bond motifs is 1. The largest absolute Gasteiger partial charge is 0.366 e. The Balaban J connectivity index is 1.51. The molecule has 2 amide bonds. The van der Waals surface area contributed by atoms with Gasteiger partial charge in [-0.05, 0) is 96.5 Å². The third-order valence-corrected chi connectivity index (χ3v) is 9.09. The highest BCUT2D eigenvalue weighted by atomic mass is 32.2. The first kappa shape index (κ1) is 26.1. The molecule has 0 unspecified atom stereocenters. The van der Waals surface area contributed by atoms with Crippen LogP contribution < -0.4 is 11.1 Å². The zero-order valence-electron chi connectivity index (χ0n) is 21.8. The molecule has 3 aliphatic rings. The van der Waals surface area contributed by atoms with Crippen LogP contribution in [0.15, 0.2) is 59.2 Å². The molecule has 2 aromatic rings. The van der Waals surface area contributed by atoms with E-state index in [0.717, 1.165) is 75.9 Å². The van der Waals surface area contributed by atoms with Gasteiger partial charge in [0.15, 0.2) is 0 Å². The van der Waals surface area contributed by atoms with Gasteiger partial charge in [0, 0.05) is 29.9 Å². The fraction of sp³-hybridized carbons (Fsp3) is 0.333. The summed E-state index contributed by atoms with van der Waals surface area (Å²) in [7, 11) is -3.24. The number of carbonyl (C=O) groups is 2. The number of carbonyl (C=O) groups excluding carboxylic acids is 2. The summed E-state index contributed by atoms with van der Waals surface area (Å²) < 4.78 is 25.3. The van der Waals surface area contributed by atoms with E-state index in [4.69, 9.17) is 5.73 Å². The first-order valence-corrected chi connectivity index (χ1v) is 14.9. The summed E-state index contributed by atoms with van der Waals surface area (Å²) in [6, 6.07) is 9.59. The molecule has 2 aromatic carbocycles. The third-order valence-electron chi connectivity index (χ3n) is 7.82. The van der Waals surface area contributed by atoms with E-state index in [0.29, 0.717) is 31.5 Å². The molecule has 0 aromatic heterocycles. The highest BCUT2D eigenvalue weighted by Crippen LogP contribution is 2.41. The van der Waals surface area contributed by atoms with Gasteiger partial charge in [-0.25, -0.2) is 8.42 Å². The number of nitrogens with zero attached hydrogens (tertiary/aromatic N) is 1. The quantitative estimate of drug-likeness (QED) is 0.562. The number of nitrogens with two attached hydrogens (primary N) is 1. The van der Waals surface area contributed by atoms with Crippen LogP contribution in [0.5, 0.6) is 0 Å². The van der Waals surface area contributed by atoms with Gasteiger partial charge in [-0.15, -0.1) is 0 Å². The van der Waals surface area contributed by atoms with Crippen molar-refractivity contribution in [1.29, 1.82) is 0 Å². The Bertz CT molecular complexity index is 1530. The van der Waals surface area contributed by atoms with Gasteiger partial charge in [0.25, 0.3) is 5.91 Å². The molecule has 38 heavy (non-hydrogen) atoms. The minimum absolute atomic E-state index is 0.0474. The molecule has 2 aliphatic carbocycles. The van der Waals surface area contributed by atoms with Gasteiger partial charge in [-0.1, -0.05) is 36.4 Å². The maximum Gasteiger partial charge on any atom is 0.251 e. The second-order valence-corrected chi connectivity index (χ2v) is 12.3. The zero-order chi connectivity index (χ0) is 27.0. The summed E-state index contributed by atoms with van der Waals surface area (Å²) in [5.74, 6) is -0.518. The van der Waals surface area contributed by atoms with Crippen LogP contribution in [0, 0.1) is 6.92 Å². The molecule has 198 valence electrons. The number of rotatable bonds is 6. The Morgan fingerprint density at radius 2 is 1.82 bits per heavy atom. The predicted molar refractivity (Wildman–Crippen MR) is 151 cm³/mol. The van der Waals surface area contributed by atoms with Crippen LogP contribution in [0.3, 0.4) is 0 Å². The summed E-state index contributed by atoms with van der Waals surface area (Å²) in [6.07, 6.45) is 12.4. The van der Waals surface area contributed by atoms with Crippen LogP contribution in [0.1, 0.15) is 59.2 Å². The van der Waals surface area contributed by atoms with Crippen molar-refractivity contribution in [1.82, 2.24) is 4.31 Å². The number of anilines is 1. The van der Waals surface area contributed by atoms with E-state index in [9.17, 15) is 18.0 Å². The Morgan fingerprint density at radius 3 is 2.47 bits per heavy atom. The van der Waals surface area contributed by atoms with Crippen LogP contribution in [0.4, 0.5) is 5.69 Å². The van der Waals surface area contributed by atoms with E-state index in [2.05, 4.69) is 11.4 Å². The molecule has 0 atom stereocenters. The monoisotopic (exact) mass is 531 g/mol. The topological polar surface area (TPSA) is 110 Å². The second-order valence-electron chi connectivity index (χ2n) is 10.3. The standard InChI is InChI=1S/C30H33N3O4S/c1-19-23(9-6-10-28(19)32-30(35)21-7-4-3-5-8-21)24-11-12-25(29(31)34)27-18-22(17-26(24)27)20-13-15-33(16-14-20)38(2,36)37/h6-7,9-13,17H,3-5,8,14-16,18H2,1-2H3,(H2,31,34)(H,32,35). The molecule has 1 aliphatic heterocycles. The van der Waals surface area contributed by atoms with Crippen molar-refractivity contribution in [2.75, 3.05) is 24.7 Å². The van der Waals surface area contributed by atoms with Crippen LogP contribution in [0.2, 0.25) is 0 Å². The van der Waals surface area contributed by atoms with E-state index in [1.165, 1.54) is 10.6 Å². The van der Waals surface area contributed by atoms with E-state index < -0.39 is 15.9 Å². The maximum atomic E-state index is 12.9. The number of nitrogens with one attached hydrogen (secondary N) is 1.